The van der Waals surface area contributed by atoms with Crippen LogP contribution in [-0.2, 0) is 14.6 Å². The minimum absolute atomic E-state index is 0.00189. The van der Waals surface area contributed by atoms with Gasteiger partial charge in [0.2, 0.25) is 5.91 Å². The lowest BCUT2D eigenvalue weighted by molar-refractivity contribution is -0.124. The van der Waals surface area contributed by atoms with E-state index < -0.39 is 28.0 Å². The standard InChI is InChI=1S/C12H19N3O5S/c1-8-6-9-7-14(12(17)15(9)18)10(8)11(16)13-4-3-5-21(2,19)20/h6,9-10,18H,3-5,7H2,1-2H3,(H,13,16)/t9-,10+/m1/s1. The van der Waals surface area contributed by atoms with Gasteiger partial charge in [-0.25, -0.2) is 13.2 Å². The lowest BCUT2D eigenvalue weighted by atomic mass is 10.00. The van der Waals surface area contributed by atoms with E-state index in [9.17, 15) is 23.2 Å². The van der Waals surface area contributed by atoms with Gasteiger partial charge in [-0.2, -0.15) is 5.06 Å². The number of carbonyl (C=O) groups excluding carboxylic acids is 2. The van der Waals surface area contributed by atoms with Crippen LogP contribution >= 0.6 is 0 Å². The summed E-state index contributed by atoms with van der Waals surface area (Å²) in [5, 5.41) is 12.8. The van der Waals surface area contributed by atoms with Crippen molar-refractivity contribution in [3.05, 3.63) is 11.6 Å². The van der Waals surface area contributed by atoms with Crippen molar-refractivity contribution < 1.29 is 23.2 Å². The summed E-state index contributed by atoms with van der Waals surface area (Å²) >= 11 is 0. The summed E-state index contributed by atoms with van der Waals surface area (Å²) in [4.78, 5) is 25.3. The van der Waals surface area contributed by atoms with E-state index in [1.54, 1.807) is 13.0 Å². The van der Waals surface area contributed by atoms with Crippen molar-refractivity contribution in [3.63, 3.8) is 0 Å². The Morgan fingerprint density at radius 2 is 2.19 bits per heavy atom. The van der Waals surface area contributed by atoms with Crippen LogP contribution in [0.15, 0.2) is 11.6 Å². The zero-order valence-corrected chi connectivity index (χ0v) is 12.8. The number of amides is 3. The summed E-state index contributed by atoms with van der Waals surface area (Å²) in [5.41, 5.74) is 0.691. The van der Waals surface area contributed by atoms with Gasteiger partial charge in [0.05, 0.1) is 18.3 Å². The smallest absolute Gasteiger partial charge is 0.345 e. The van der Waals surface area contributed by atoms with Gasteiger partial charge in [0.1, 0.15) is 15.9 Å². The molecule has 2 aliphatic rings. The molecule has 1 saturated heterocycles. The molecule has 0 spiro atoms. The highest BCUT2D eigenvalue weighted by atomic mass is 32.2. The largest absolute Gasteiger partial charge is 0.354 e. The molecule has 0 aromatic carbocycles. The molecule has 8 nitrogen and oxygen atoms in total. The van der Waals surface area contributed by atoms with Crippen LogP contribution in [-0.4, -0.2) is 72.7 Å². The maximum Gasteiger partial charge on any atom is 0.345 e. The first kappa shape index (κ1) is 15.8. The molecule has 0 unspecified atom stereocenters. The summed E-state index contributed by atoms with van der Waals surface area (Å²) in [7, 11) is -3.05. The Hall–Kier alpha value is -1.61. The molecule has 21 heavy (non-hydrogen) atoms. The SMILES string of the molecule is CC1=C[C@@H]2CN(C(=O)N2O)[C@@H]1C(=O)NCCCS(C)(=O)=O. The van der Waals surface area contributed by atoms with E-state index in [0.29, 0.717) is 17.1 Å². The van der Waals surface area contributed by atoms with Gasteiger partial charge in [0.25, 0.3) is 0 Å². The van der Waals surface area contributed by atoms with Crippen LogP contribution in [0.5, 0.6) is 0 Å². The summed E-state index contributed by atoms with van der Waals surface area (Å²) in [6.45, 7) is 2.23. The van der Waals surface area contributed by atoms with Crippen LogP contribution in [0.25, 0.3) is 0 Å². The number of urea groups is 1. The summed E-state index contributed by atoms with van der Waals surface area (Å²) in [6.07, 6.45) is 3.16. The van der Waals surface area contributed by atoms with Gasteiger partial charge in [0.15, 0.2) is 0 Å². The molecule has 1 fully saturated rings. The van der Waals surface area contributed by atoms with E-state index in [2.05, 4.69) is 5.32 Å². The van der Waals surface area contributed by atoms with Crippen molar-refractivity contribution in [3.8, 4) is 0 Å². The monoisotopic (exact) mass is 317 g/mol. The molecular formula is C12H19N3O5S. The lowest BCUT2D eigenvalue weighted by Crippen LogP contribution is -2.50. The highest BCUT2D eigenvalue weighted by Crippen LogP contribution is 2.27. The molecule has 3 amide bonds. The van der Waals surface area contributed by atoms with Crippen molar-refractivity contribution in [2.24, 2.45) is 0 Å². The molecule has 2 atom stereocenters. The van der Waals surface area contributed by atoms with E-state index in [-0.39, 0.29) is 24.7 Å². The molecule has 2 aliphatic heterocycles. The second-order valence-electron chi connectivity index (χ2n) is 5.43. The summed E-state index contributed by atoms with van der Waals surface area (Å²) in [6, 6.07) is -1.75. The third-order valence-electron chi connectivity index (χ3n) is 3.58. The highest BCUT2D eigenvalue weighted by Gasteiger charge is 2.46. The summed E-state index contributed by atoms with van der Waals surface area (Å²) < 4.78 is 22.0. The zero-order valence-electron chi connectivity index (χ0n) is 11.9. The fraction of sp³-hybridized carbons (Fsp3) is 0.667. The molecule has 2 heterocycles. The van der Waals surface area contributed by atoms with Gasteiger partial charge >= 0.3 is 6.03 Å². The molecule has 2 bridgehead atoms. The maximum atomic E-state index is 12.2. The van der Waals surface area contributed by atoms with Crippen LogP contribution in [0.2, 0.25) is 0 Å². The number of hydrogen-bond donors (Lipinski definition) is 2. The van der Waals surface area contributed by atoms with Gasteiger partial charge in [0, 0.05) is 12.8 Å². The molecule has 9 heteroatoms. The Bertz CT molecular complexity index is 586. The third-order valence-corrected chi connectivity index (χ3v) is 4.61. The number of hydroxylamine groups is 2. The van der Waals surface area contributed by atoms with Gasteiger partial charge < -0.3 is 10.2 Å². The molecule has 0 saturated carbocycles. The Morgan fingerprint density at radius 1 is 1.52 bits per heavy atom. The van der Waals surface area contributed by atoms with E-state index in [0.717, 1.165) is 6.26 Å². The van der Waals surface area contributed by atoms with Crippen LogP contribution in [0.4, 0.5) is 4.79 Å². The number of hydrogen-bond acceptors (Lipinski definition) is 5. The Labute approximate surface area is 123 Å². The predicted octanol–water partition coefficient (Wildman–Crippen LogP) is -0.639. The Balaban J connectivity index is 1.95. The third kappa shape index (κ3) is 3.35. The summed E-state index contributed by atoms with van der Waals surface area (Å²) in [5.74, 6) is -0.360. The fourth-order valence-corrected chi connectivity index (χ4v) is 3.27. The number of fused-ring (bicyclic) bond motifs is 2. The minimum atomic E-state index is -3.05. The number of carbonyl (C=O) groups is 2. The zero-order chi connectivity index (χ0) is 15.8. The van der Waals surface area contributed by atoms with Gasteiger partial charge in [-0.3, -0.25) is 10.0 Å². The quantitative estimate of drug-likeness (QED) is 0.398. The minimum Gasteiger partial charge on any atom is -0.354 e. The van der Waals surface area contributed by atoms with Crippen LogP contribution in [0.3, 0.4) is 0 Å². The first-order valence-electron chi connectivity index (χ1n) is 6.63. The van der Waals surface area contributed by atoms with Crippen molar-refractivity contribution in [2.45, 2.75) is 25.4 Å². The molecule has 2 N–H and O–H groups in total. The van der Waals surface area contributed by atoms with Crippen molar-refractivity contribution in [1.82, 2.24) is 15.3 Å². The first-order chi connectivity index (χ1) is 9.70. The molecule has 0 aromatic rings. The molecule has 0 aromatic heterocycles. The number of nitrogens with one attached hydrogen (secondary N) is 1. The van der Waals surface area contributed by atoms with Crippen molar-refractivity contribution in [2.75, 3.05) is 25.1 Å². The average Bonchev–Trinajstić information content (AvgIpc) is 2.59. The predicted molar refractivity (Wildman–Crippen MR) is 74.4 cm³/mol. The normalized spacial score (nSPS) is 25.1. The second-order valence-corrected chi connectivity index (χ2v) is 7.69. The number of nitrogens with zero attached hydrogens (tertiary/aromatic N) is 2. The van der Waals surface area contributed by atoms with Crippen LogP contribution < -0.4 is 5.32 Å². The Morgan fingerprint density at radius 3 is 2.81 bits per heavy atom. The molecule has 0 aliphatic carbocycles. The number of rotatable bonds is 5. The fourth-order valence-electron chi connectivity index (χ4n) is 2.60. The van der Waals surface area contributed by atoms with Gasteiger partial charge in [-0.15, -0.1) is 0 Å². The van der Waals surface area contributed by atoms with E-state index in [4.69, 9.17) is 0 Å². The van der Waals surface area contributed by atoms with E-state index in [1.165, 1.54) is 4.90 Å². The van der Waals surface area contributed by atoms with Gasteiger partial charge in [-0.1, -0.05) is 6.08 Å². The van der Waals surface area contributed by atoms with E-state index >= 15 is 0 Å². The van der Waals surface area contributed by atoms with Crippen molar-refractivity contribution >= 4 is 21.8 Å². The van der Waals surface area contributed by atoms with Crippen LogP contribution in [0, 0.1) is 0 Å². The second kappa shape index (κ2) is 5.64. The van der Waals surface area contributed by atoms with E-state index in [1.807, 2.05) is 0 Å². The maximum absolute atomic E-state index is 12.2. The van der Waals surface area contributed by atoms with Crippen molar-refractivity contribution in [1.29, 1.82) is 0 Å². The first-order valence-corrected chi connectivity index (χ1v) is 8.69. The molecule has 0 radical (unpaired) electrons. The number of sulfone groups is 1. The lowest BCUT2D eigenvalue weighted by Gasteiger charge is -2.29. The molecule has 118 valence electrons. The highest BCUT2D eigenvalue weighted by molar-refractivity contribution is 7.90. The topological polar surface area (TPSA) is 107 Å². The molecular weight excluding hydrogens is 298 g/mol. The van der Waals surface area contributed by atoms with Gasteiger partial charge in [-0.05, 0) is 18.9 Å². The average molecular weight is 317 g/mol. The van der Waals surface area contributed by atoms with Crippen LogP contribution in [0.1, 0.15) is 13.3 Å². The molecule has 2 rings (SSSR count). The Kier molecular flexibility index (Phi) is 4.24.